The first-order valence-electron chi connectivity index (χ1n) is 9.42. The summed E-state index contributed by atoms with van der Waals surface area (Å²) in [6.45, 7) is 0. The molecule has 7 nitrogen and oxygen atoms in total. The number of carbonyl (C=O) groups is 1. The SMILES string of the molecule is COc1cc(OC)cc(C(=O)Nc2cccc(Nc3nc(-c4ccncc4)cs3)c2)c1. The van der Waals surface area contributed by atoms with Crippen molar-refractivity contribution in [3.05, 3.63) is 77.9 Å². The second-order valence-electron chi connectivity index (χ2n) is 6.54. The minimum absolute atomic E-state index is 0.261. The molecule has 4 aromatic rings. The van der Waals surface area contributed by atoms with Crippen LogP contribution in [0.3, 0.4) is 0 Å². The van der Waals surface area contributed by atoms with Crippen molar-refractivity contribution in [1.82, 2.24) is 9.97 Å². The number of hydrogen-bond donors (Lipinski definition) is 2. The highest BCUT2D eigenvalue weighted by Gasteiger charge is 2.11. The number of pyridine rings is 1. The predicted molar refractivity (Wildman–Crippen MR) is 123 cm³/mol. The van der Waals surface area contributed by atoms with Crippen molar-refractivity contribution in [2.75, 3.05) is 24.9 Å². The average molecular weight is 433 g/mol. The number of nitrogens with zero attached hydrogens (tertiary/aromatic N) is 2. The van der Waals surface area contributed by atoms with E-state index in [1.807, 2.05) is 41.8 Å². The van der Waals surface area contributed by atoms with Gasteiger partial charge in [0.2, 0.25) is 0 Å². The molecular formula is C23H20N4O3S. The topological polar surface area (TPSA) is 85.4 Å². The van der Waals surface area contributed by atoms with Crippen molar-refractivity contribution in [3.8, 4) is 22.8 Å². The number of amides is 1. The molecule has 0 fully saturated rings. The molecule has 4 rings (SSSR count). The van der Waals surface area contributed by atoms with Crippen LogP contribution in [0.15, 0.2) is 72.4 Å². The number of rotatable bonds is 7. The maximum atomic E-state index is 12.7. The zero-order chi connectivity index (χ0) is 21.6. The quantitative estimate of drug-likeness (QED) is 0.417. The Bertz CT molecular complexity index is 1170. The highest BCUT2D eigenvalue weighted by atomic mass is 32.1. The molecule has 0 aliphatic heterocycles. The molecular weight excluding hydrogens is 412 g/mol. The third-order valence-electron chi connectivity index (χ3n) is 4.47. The van der Waals surface area contributed by atoms with Gasteiger partial charge >= 0.3 is 0 Å². The lowest BCUT2D eigenvalue weighted by Crippen LogP contribution is -2.12. The summed E-state index contributed by atoms with van der Waals surface area (Å²) < 4.78 is 10.5. The maximum absolute atomic E-state index is 12.7. The number of ether oxygens (including phenoxy) is 2. The Kier molecular flexibility index (Phi) is 6.09. The fourth-order valence-electron chi connectivity index (χ4n) is 2.93. The minimum atomic E-state index is -0.261. The van der Waals surface area contributed by atoms with Gasteiger partial charge in [-0.25, -0.2) is 4.98 Å². The Hall–Kier alpha value is -3.91. The molecule has 2 N–H and O–H groups in total. The van der Waals surface area contributed by atoms with Crippen LogP contribution in [0.2, 0.25) is 0 Å². The fraction of sp³-hybridized carbons (Fsp3) is 0.0870. The Morgan fingerprint density at radius 2 is 1.65 bits per heavy atom. The van der Waals surface area contributed by atoms with Gasteiger partial charge in [-0.15, -0.1) is 11.3 Å². The minimum Gasteiger partial charge on any atom is -0.497 e. The first-order valence-corrected chi connectivity index (χ1v) is 10.3. The van der Waals surface area contributed by atoms with Crippen LogP contribution in [0.1, 0.15) is 10.4 Å². The van der Waals surface area contributed by atoms with E-state index < -0.39 is 0 Å². The molecule has 0 radical (unpaired) electrons. The second-order valence-corrected chi connectivity index (χ2v) is 7.39. The summed E-state index contributed by atoms with van der Waals surface area (Å²) in [4.78, 5) is 21.4. The lowest BCUT2D eigenvalue weighted by atomic mass is 10.1. The van der Waals surface area contributed by atoms with E-state index in [2.05, 4.69) is 20.6 Å². The molecule has 156 valence electrons. The van der Waals surface area contributed by atoms with Crippen LogP contribution >= 0.6 is 11.3 Å². The molecule has 2 aromatic heterocycles. The number of aromatic nitrogens is 2. The van der Waals surface area contributed by atoms with Gasteiger partial charge in [0.1, 0.15) is 11.5 Å². The predicted octanol–water partition coefficient (Wildman–Crippen LogP) is 5.22. The van der Waals surface area contributed by atoms with Crippen molar-refractivity contribution >= 4 is 33.8 Å². The van der Waals surface area contributed by atoms with Gasteiger partial charge in [-0.2, -0.15) is 0 Å². The summed E-state index contributed by atoms with van der Waals surface area (Å²) in [5, 5.41) is 8.93. The van der Waals surface area contributed by atoms with E-state index in [9.17, 15) is 4.79 Å². The molecule has 0 aliphatic carbocycles. The average Bonchev–Trinajstić information content (AvgIpc) is 3.28. The van der Waals surface area contributed by atoms with Crippen molar-refractivity contribution in [2.24, 2.45) is 0 Å². The van der Waals surface area contributed by atoms with E-state index in [0.29, 0.717) is 22.7 Å². The zero-order valence-electron chi connectivity index (χ0n) is 17.0. The van der Waals surface area contributed by atoms with E-state index in [4.69, 9.17) is 9.47 Å². The first kappa shape index (κ1) is 20.4. The summed E-state index contributed by atoms with van der Waals surface area (Å²) >= 11 is 1.51. The highest BCUT2D eigenvalue weighted by Crippen LogP contribution is 2.28. The van der Waals surface area contributed by atoms with E-state index in [0.717, 1.165) is 22.1 Å². The lowest BCUT2D eigenvalue weighted by Gasteiger charge is -2.10. The molecule has 31 heavy (non-hydrogen) atoms. The van der Waals surface area contributed by atoms with Crippen LogP contribution in [0.4, 0.5) is 16.5 Å². The van der Waals surface area contributed by atoms with Gasteiger partial charge < -0.3 is 20.1 Å². The van der Waals surface area contributed by atoms with Crippen molar-refractivity contribution < 1.29 is 14.3 Å². The summed E-state index contributed by atoms with van der Waals surface area (Å²) in [7, 11) is 3.09. The summed E-state index contributed by atoms with van der Waals surface area (Å²) in [6, 6.07) is 16.3. The standard InChI is InChI=1S/C23H20N4O3S/c1-29-19-10-16(11-20(13-19)30-2)22(28)25-17-4-3-5-18(12-17)26-23-27-21(14-31-23)15-6-8-24-9-7-15/h3-14H,1-2H3,(H,25,28)(H,26,27). The number of carbonyl (C=O) groups excluding carboxylic acids is 1. The van der Waals surface area contributed by atoms with Crippen molar-refractivity contribution in [3.63, 3.8) is 0 Å². The van der Waals surface area contributed by atoms with Crippen LogP contribution in [0.5, 0.6) is 11.5 Å². The molecule has 2 aromatic carbocycles. The molecule has 0 unspecified atom stereocenters. The molecule has 0 aliphatic rings. The molecule has 0 saturated heterocycles. The Labute approximate surface area is 183 Å². The fourth-order valence-corrected chi connectivity index (χ4v) is 3.67. The van der Waals surface area contributed by atoms with Gasteiger partial charge in [0.15, 0.2) is 5.13 Å². The third kappa shape index (κ3) is 4.99. The van der Waals surface area contributed by atoms with Crippen LogP contribution in [-0.4, -0.2) is 30.1 Å². The van der Waals surface area contributed by atoms with Crippen LogP contribution in [0, 0.1) is 0 Å². The molecule has 0 spiro atoms. The van der Waals surface area contributed by atoms with Crippen molar-refractivity contribution in [1.29, 1.82) is 0 Å². The smallest absolute Gasteiger partial charge is 0.255 e. The van der Waals surface area contributed by atoms with Gasteiger partial charge in [-0.05, 0) is 42.5 Å². The highest BCUT2D eigenvalue weighted by molar-refractivity contribution is 7.14. The van der Waals surface area contributed by atoms with Gasteiger partial charge in [0, 0.05) is 46.3 Å². The Morgan fingerprint density at radius 1 is 0.935 bits per heavy atom. The Balaban J connectivity index is 1.48. The van der Waals surface area contributed by atoms with Gasteiger partial charge in [-0.1, -0.05) is 6.07 Å². The van der Waals surface area contributed by atoms with Gasteiger partial charge in [0.25, 0.3) is 5.91 Å². The second kappa shape index (κ2) is 9.27. The van der Waals surface area contributed by atoms with Crippen LogP contribution in [0.25, 0.3) is 11.3 Å². The van der Waals surface area contributed by atoms with Crippen LogP contribution in [-0.2, 0) is 0 Å². The van der Waals surface area contributed by atoms with E-state index in [1.165, 1.54) is 11.3 Å². The third-order valence-corrected chi connectivity index (χ3v) is 5.22. The number of methoxy groups -OCH3 is 2. The zero-order valence-corrected chi connectivity index (χ0v) is 17.8. The normalized spacial score (nSPS) is 10.4. The number of benzene rings is 2. The first-order chi connectivity index (χ1) is 15.1. The molecule has 0 bridgehead atoms. The van der Waals surface area contributed by atoms with E-state index >= 15 is 0 Å². The monoisotopic (exact) mass is 432 g/mol. The molecule has 0 atom stereocenters. The molecule has 1 amide bonds. The van der Waals surface area contributed by atoms with Crippen molar-refractivity contribution in [2.45, 2.75) is 0 Å². The largest absolute Gasteiger partial charge is 0.497 e. The molecule has 2 heterocycles. The maximum Gasteiger partial charge on any atom is 0.255 e. The van der Waals surface area contributed by atoms with Gasteiger partial charge in [0.05, 0.1) is 19.9 Å². The van der Waals surface area contributed by atoms with Gasteiger partial charge in [-0.3, -0.25) is 9.78 Å². The van der Waals surface area contributed by atoms with E-state index in [-0.39, 0.29) is 5.91 Å². The summed E-state index contributed by atoms with van der Waals surface area (Å²) in [6.07, 6.45) is 3.48. The number of hydrogen-bond acceptors (Lipinski definition) is 7. The van der Waals surface area contributed by atoms with E-state index in [1.54, 1.807) is 44.8 Å². The number of thiazole rings is 1. The Morgan fingerprint density at radius 3 is 2.35 bits per heavy atom. The summed E-state index contributed by atoms with van der Waals surface area (Å²) in [5.41, 5.74) is 3.80. The number of anilines is 3. The van der Waals surface area contributed by atoms with Crippen LogP contribution < -0.4 is 20.1 Å². The molecule has 0 saturated carbocycles. The lowest BCUT2D eigenvalue weighted by molar-refractivity contribution is 0.102. The number of nitrogens with one attached hydrogen (secondary N) is 2. The molecule has 8 heteroatoms. The summed E-state index contributed by atoms with van der Waals surface area (Å²) in [5.74, 6) is 0.839.